The van der Waals surface area contributed by atoms with Gasteiger partial charge in [0.25, 0.3) is 0 Å². The molecule has 4 nitrogen and oxygen atoms in total. The number of hydrogen-bond acceptors (Lipinski definition) is 4. The van der Waals surface area contributed by atoms with E-state index in [-0.39, 0.29) is 23.8 Å². The molecule has 84 valence electrons. The molecule has 2 saturated carbocycles. The van der Waals surface area contributed by atoms with Gasteiger partial charge in [-0.2, -0.15) is 0 Å². The van der Waals surface area contributed by atoms with E-state index in [9.17, 15) is 9.59 Å². The number of hydrogen-bond donors (Lipinski definition) is 0. The summed E-state index contributed by atoms with van der Waals surface area (Å²) >= 11 is 0. The van der Waals surface area contributed by atoms with Crippen LogP contribution in [0, 0.1) is 23.7 Å². The topological polar surface area (TPSA) is 52.6 Å². The normalized spacial score (nSPS) is 37.7. The van der Waals surface area contributed by atoms with E-state index in [1.807, 2.05) is 0 Å². The molecule has 2 fully saturated rings. The molecule has 15 heavy (non-hydrogen) atoms. The average molecular weight is 212 g/mol. The van der Waals surface area contributed by atoms with E-state index in [1.165, 1.54) is 14.2 Å². The Bertz CT molecular complexity index is 258. The summed E-state index contributed by atoms with van der Waals surface area (Å²) in [5, 5.41) is 0. The zero-order valence-corrected chi connectivity index (χ0v) is 9.06. The van der Waals surface area contributed by atoms with E-state index in [0.717, 1.165) is 19.3 Å². The van der Waals surface area contributed by atoms with Crippen LogP contribution in [-0.2, 0) is 19.1 Å². The summed E-state index contributed by atoms with van der Waals surface area (Å²) < 4.78 is 9.51. The number of carbonyl (C=O) groups excluding carboxylic acids is 2. The molecule has 0 aromatic heterocycles. The van der Waals surface area contributed by atoms with Crippen LogP contribution in [0.5, 0.6) is 0 Å². The lowest BCUT2D eigenvalue weighted by Crippen LogP contribution is -2.29. The molecule has 0 heterocycles. The third kappa shape index (κ3) is 1.62. The molecule has 0 saturated heterocycles. The van der Waals surface area contributed by atoms with Gasteiger partial charge in [0.05, 0.1) is 26.1 Å². The smallest absolute Gasteiger partial charge is 0.308 e. The Morgan fingerprint density at radius 2 is 1.27 bits per heavy atom. The van der Waals surface area contributed by atoms with Gasteiger partial charge in [0.1, 0.15) is 0 Å². The van der Waals surface area contributed by atoms with Crippen LogP contribution >= 0.6 is 0 Å². The van der Waals surface area contributed by atoms with Crippen LogP contribution < -0.4 is 0 Å². The van der Waals surface area contributed by atoms with Gasteiger partial charge in [-0.1, -0.05) is 0 Å². The highest BCUT2D eigenvalue weighted by Gasteiger charge is 2.51. The molecule has 0 aliphatic heterocycles. The van der Waals surface area contributed by atoms with Crippen molar-refractivity contribution in [2.24, 2.45) is 23.7 Å². The van der Waals surface area contributed by atoms with Crippen LogP contribution in [0.4, 0.5) is 0 Å². The van der Waals surface area contributed by atoms with Gasteiger partial charge in [-0.3, -0.25) is 9.59 Å². The summed E-state index contributed by atoms with van der Waals surface area (Å²) in [5.41, 5.74) is 0. The molecule has 0 N–H and O–H groups in total. The first-order valence-corrected chi connectivity index (χ1v) is 5.33. The lowest BCUT2D eigenvalue weighted by Gasteiger charge is -2.24. The van der Waals surface area contributed by atoms with E-state index < -0.39 is 0 Å². The summed E-state index contributed by atoms with van der Waals surface area (Å²) in [6.07, 6.45) is 2.55. The van der Waals surface area contributed by atoms with E-state index in [4.69, 9.17) is 9.47 Å². The summed E-state index contributed by atoms with van der Waals surface area (Å²) in [6.45, 7) is 0. The molecule has 2 aliphatic rings. The number of esters is 2. The van der Waals surface area contributed by atoms with E-state index in [1.54, 1.807) is 0 Å². The van der Waals surface area contributed by atoms with Crippen molar-refractivity contribution in [3.05, 3.63) is 0 Å². The van der Waals surface area contributed by atoms with Gasteiger partial charge in [0.15, 0.2) is 0 Å². The summed E-state index contributed by atoms with van der Waals surface area (Å²) in [4.78, 5) is 22.8. The fourth-order valence-electron chi connectivity index (χ4n) is 3.16. The predicted octanol–water partition coefficient (Wildman–Crippen LogP) is 0.995. The third-order valence-corrected chi connectivity index (χ3v) is 3.86. The molecule has 0 aromatic rings. The van der Waals surface area contributed by atoms with Gasteiger partial charge in [-0.05, 0) is 31.1 Å². The van der Waals surface area contributed by atoms with Gasteiger partial charge in [0, 0.05) is 0 Å². The molecule has 0 amide bonds. The fourth-order valence-corrected chi connectivity index (χ4v) is 3.16. The van der Waals surface area contributed by atoms with Crippen molar-refractivity contribution in [2.75, 3.05) is 14.2 Å². The Kier molecular flexibility index (Phi) is 2.67. The molecule has 0 aromatic carbocycles. The van der Waals surface area contributed by atoms with Gasteiger partial charge < -0.3 is 9.47 Å². The van der Waals surface area contributed by atoms with Crippen molar-refractivity contribution in [3.8, 4) is 0 Å². The maximum absolute atomic E-state index is 11.4. The number of rotatable bonds is 2. The zero-order valence-electron chi connectivity index (χ0n) is 9.06. The van der Waals surface area contributed by atoms with Gasteiger partial charge in [-0.25, -0.2) is 0 Å². The van der Waals surface area contributed by atoms with Crippen LogP contribution in [0.1, 0.15) is 19.3 Å². The Labute approximate surface area is 88.9 Å². The van der Waals surface area contributed by atoms with Crippen LogP contribution in [0.25, 0.3) is 0 Å². The first-order chi connectivity index (χ1) is 7.17. The van der Waals surface area contributed by atoms with Crippen molar-refractivity contribution in [1.82, 2.24) is 0 Å². The molecule has 4 atom stereocenters. The highest BCUT2D eigenvalue weighted by Crippen LogP contribution is 2.52. The molecule has 0 radical (unpaired) electrons. The quantitative estimate of drug-likeness (QED) is 0.641. The Hall–Kier alpha value is -1.06. The van der Waals surface area contributed by atoms with Gasteiger partial charge in [-0.15, -0.1) is 0 Å². The molecule has 2 aliphatic carbocycles. The first-order valence-electron chi connectivity index (χ1n) is 5.33. The third-order valence-electron chi connectivity index (χ3n) is 3.86. The van der Waals surface area contributed by atoms with Crippen LogP contribution in [0.3, 0.4) is 0 Å². The highest BCUT2D eigenvalue weighted by molar-refractivity contribution is 5.76. The van der Waals surface area contributed by atoms with Gasteiger partial charge in [0.2, 0.25) is 0 Å². The Morgan fingerprint density at radius 1 is 0.867 bits per heavy atom. The van der Waals surface area contributed by atoms with Crippen molar-refractivity contribution < 1.29 is 19.1 Å². The SMILES string of the molecule is COC(=O)[C@@H]1C[C@H]2C[C@@H]1C[C@H]2C(=O)OC. The van der Waals surface area contributed by atoms with E-state index in [2.05, 4.69) is 0 Å². The largest absolute Gasteiger partial charge is 0.469 e. The maximum Gasteiger partial charge on any atom is 0.308 e. The van der Waals surface area contributed by atoms with Crippen molar-refractivity contribution in [2.45, 2.75) is 19.3 Å². The Morgan fingerprint density at radius 3 is 1.53 bits per heavy atom. The lowest BCUT2D eigenvalue weighted by molar-refractivity contribution is -0.152. The zero-order chi connectivity index (χ0) is 11.0. The molecular formula is C11H16O4. The number of methoxy groups -OCH3 is 2. The lowest BCUT2D eigenvalue weighted by atomic mass is 9.82. The van der Waals surface area contributed by atoms with Crippen LogP contribution in [0.2, 0.25) is 0 Å². The Balaban J connectivity index is 2.00. The average Bonchev–Trinajstić information content (AvgIpc) is 2.85. The minimum Gasteiger partial charge on any atom is -0.469 e. The number of ether oxygens (including phenoxy) is 2. The highest BCUT2D eigenvalue weighted by atomic mass is 16.5. The summed E-state index contributed by atoms with van der Waals surface area (Å²) in [7, 11) is 2.85. The van der Waals surface area contributed by atoms with Crippen molar-refractivity contribution in [3.63, 3.8) is 0 Å². The molecule has 2 bridgehead atoms. The maximum atomic E-state index is 11.4. The number of carbonyl (C=O) groups is 2. The fraction of sp³-hybridized carbons (Fsp3) is 0.818. The van der Waals surface area contributed by atoms with Crippen molar-refractivity contribution >= 4 is 11.9 Å². The van der Waals surface area contributed by atoms with Crippen LogP contribution in [-0.4, -0.2) is 26.2 Å². The van der Waals surface area contributed by atoms with Gasteiger partial charge >= 0.3 is 11.9 Å². The summed E-state index contributed by atoms with van der Waals surface area (Å²) in [6, 6.07) is 0. The standard InChI is InChI=1S/C11H16O4/c1-14-10(12)8-4-7-3-6(8)5-9(7)11(13)15-2/h6-9H,3-5H2,1-2H3/t6-,7-,8-,9-/m1/s1. The van der Waals surface area contributed by atoms with E-state index >= 15 is 0 Å². The molecule has 0 unspecified atom stereocenters. The molecule has 2 rings (SSSR count). The minimum atomic E-state index is -0.120. The first kappa shape index (κ1) is 10.5. The molecule has 4 heteroatoms. The second-order valence-corrected chi connectivity index (χ2v) is 4.49. The second kappa shape index (κ2) is 3.83. The minimum absolute atomic E-state index is 0.0147. The molecule has 0 spiro atoms. The molecular weight excluding hydrogens is 196 g/mol. The van der Waals surface area contributed by atoms with Crippen molar-refractivity contribution in [1.29, 1.82) is 0 Å². The van der Waals surface area contributed by atoms with E-state index in [0.29, 0.717) is 11.8 Å². The monoisotopic (exact) mass is 212 g/mol. The number of fused-ring (bicyclic) bond motifs is 2. The summed E-state index contributed by atoms with van der Waals surface area (Å²) in [5.74, 6) is 0.441. The second-order valence-electron chi connectivity index (χ2n) is 4.49. The van der Waals surface area contributed by atoms with Crippen LogP contribution in [0.15, 0.2) is 0 Å². The predicted molar refractivity (Wildman–Crippen MR) is 51.8 cm³/mol.